The molecule has 14 heteroatoms. The van der Waals surface area contributed by atoms with Crippen molar-refractivity contribution in [1.82, 2.24) is 0 Å². The normalized spacial score (nSPS) is 31.4. The second-order valence-electron chi connectivity index (χ2n) is 7.66. The molecule has 1 aliphatic carbocycles. The summed E-state index contributed by atoms with van der Waals surface area (Å²) in [6, 6.07) is 0. The number of hydrogen-bond acceptors (Lipinski definition) is 7. The molecule has 0 heterocycles. The first kappa shape index (κ1) is 26.3. The summed E-state index contributed by atoms with van der Waals surface area (Å²) in [6.45, 7) is 0. The maximum absolute atomic E-state index is 11.8. The Bertz CT molecular complexity index is 816. The molecule has 178 valence electrons. The maximum Gasteiger partial charge on any atom is 0.308 e. The van der Waals surface area contributed by atoms with Crippen LogP contribution in [0.1, 0.15) is 25.7 Å². The highest BCUT2D eigenvalue weighted by atomic mass is 16.4. The molecular formula is C18H22O14. The Morgan fingerprint density at radius 1 is 0.375 bits per heavy atom. The van der Waals surface area contributed by atoms with E-state index in [-0.39, 0.29) is 0 Å². The fraction of sp³-hybridized carbons (Fsp3) is 0.611. The van der Waals surface area contributed by atoms with Gasteiger partial charge in [-0.2, -0.15) is 0 Å². The number of aliphatic carboxylic acids is 7. The van der Waals surface area contributed by atoms with Crippen molar-refractivity contribution < 1.29 is 69.3 Å². The lowest BCUT2D eigenvalue weighted by Gasteiger charge is -2.29. The molecule has 0 bridgehead atoms. The molecule has 0 radical (unpaired) electrons. The van der Waals surface area contributed by atoms with Gasteiger partial charge >= 0.3 is 41.8 Å². The van der Waals surface area contributed by atoms with Gasteiger partial charge in [0, 0.05) is 0 Å². The fourth-order valence-electron chi connectivity index (χ4n) is 4.13. The topological polar surface area (TPSA) is 261 Å². The van der Waals surface area contributed by atoms with E-state index < -0.39 is 109 Å². The van der Waals surface area contributed by atoms with E-state index in [4.69, 9.17) is 0 Å². The predicted molar refractivity (Wildman–Crippen MR) is 96.3 cm³/mol. The third kappa shape index (κ3) is 6.15. The zero-order chi connectivity index (χ0) is 24.9. The van der Waals surface area contributed by atoms with Gasteiger partial charge in [-0.15, -0.1) is 0 Å². The van der Waals surface area contributed by atoms with Crippen molar-refractivity contribution in [3.05, 3.63) is 0 Å². The minimum absolute atomic E-state index is 0.811. The van der Waals surface area contributed by atoms with E-state index in [1.807, 2.05) is 0 Å². The molecule has 7 atom stereocenters. The monoisotopic (exact) mass is 462 g/mol. The molecule has 0 amide bonds. The first-order valence-corrected chi connectivity index (χ1v) is 9.28. The van der Waals surface area contributed by atoms with Crippen LogP contribution in [0.3, 0.4) is 0 Å². The summed E-state index contributed by atoms with van der Waals surface area (Å²) in [5, 5.41) is 66.5. The molecule has 1 saturated carbocycles. The van der Waals surface area contributed by atoms with Gasteiger partial charge in [0.15, 0.2) is 0 Å². The number of carbonyl (C=O) groups is 7. The van der Waals surface area contributed by atoms with Gasteiger partial charge in [-0.1, -0.05) is 0 Å². The van der Waals surface area contributed by atoms with E-state index in [1.54, 1.807) is 0 Å². The van der Waals surface area contributed by atoms with E-state index in [0.29, 0.717) is 0 Å². The zero-order valence-electron chi connectivity index (χ0n) is 16.4. The van der Waals surface area contributed by atoms with Crippen LogP contribution in [0.4, 0.5) is 0 Å². The van der Waals surface area contributed by atoms with Gasteiger partial charge in [0.05, 0.1) is 41.4 Å². The molecule has 0 spiro atoms. The molecule has 0 aliphatic heterocycles. The summed E-state index contributed by atoms with van der Waals surface area (Å²) >= 11 is 0. The van der Waals surface area contributed by atoms with E-state index in [9.17, 15) is 69.3 Å². The third-order valence-electron chi connectivity index (χ3n) is 5.76. The van der Waals surface area contributed by atoms with Crippen LogP contribution in [0.2, 0.25) is 0 Å². The molecule has 1 fully saturated rings. The van der Waals surface area contributed by atoms with Crippen LogP contribution in [0, 0.1) is 41.4 Å². The van der Waals surface area contributed by atoms with Gasteiger partial charge in [0.1, 0.15) is 0 Å². The van der Waals surface area contributed by atoms with Crippen LogP contribution in [0.5, 0.6) is 0 Å². The Morgan fingerprint density at radius 2 is 0.688 bits per heavy atom. The van der Waals surface area contributed by atoms with Gasteiger partial charge in [-0.05, 0) is 25.7 Å². The van der Waals surface area contributed by atoms with E-state index in [0.717, 1.165) is 0 Å². The summed E-state index contributed by atoms with van der Waals surface area (Å²) in [6.07, 6.45) is -3.76. The predicted octanol–water partition coefficient (Wildman–Crippen LogP) is -0.534. The van der Waals surface area contributed by atoms with Crippen molar-refractivity contribution in [3.8, 4) is 0 Å². The van der Waals surface area contributed by atoms with Crippen LogP contribution >= 0.6 is 0 Å². The second-order valence-corrected chi connectivity index (χ2v) is 7.66. The van der Waals surface area contributed by atoms with Crippen molar-refractivity contribution in [2.45, 2.75) is 25.7 Å². The van der Waals surface area contributed by atoms with Crippen LogP contribution < -0.4 is 0 Å². The summed E-state index contributed by atoms with van der Waals surface area (Å²) < 4.78 is 0. The van der Waals surface area contributed by atoms with Crippen LogP contribution in [0.15, 0.2) is 0 Å². The number of hydrogen-bond donors (Lipinski definition) is 7. The summed E-state index contributed by atoms with van der Waals surface area (Å²) in [7, 11) is 0. The van der Waals surface area contributed by atoms with Crippen molar-refractivity contribution in [2.75, 3.05) is 0 Å². The molecule has 5 unspecified atom stereocenters. The Morgan fingerprint density at radius 3 is 1.00 bits per heavy atom. The molecular weight excluding hydrogens is 440 g/mol. The minimum atomic E-state index is -2.30. The number of rotatable bonds is 7. The quantitative estimate of drug-likeness (QED) is 0.251. The van der Waals surface area contributed by atoms with Gasteiger partial charge in [0.25, 0.3) is 0 Å². The van der Waals surface area contributed by atoms with E-state index in [1.165, 1.54) is 0 Å². The average molecular weight is 462 g/mol. The zero-order valence-corrected chi connectivity index (χ0v) is 16.4. The van der Waals surface area contributed by atoms with Gasteiger partial charge in [0.2, 0.25) is 0 Å². The Kier molecular flexibility index (Phi) is 8.68. The standard InChI is InChI=1S/C18H22O14/c19-12(20)5-1-6(13(21)22)3-9(16(27)28)11(18(31)32)10(17(29)30)4-8(15(25)26)7(2-5)14(23)24/h5-11H,1-4H2,(H,19,20)(H,21,22)(H,23,24)(H,25,26)(H,27,28)(H,29,30)(H,31,32)/t5?,6?,7?,8?,9?,10-,11+/m0/s1. The lowest BCUT2D eigenvalue weighted by molar-refractivity contribution is -0.166. The summed E-state index contributed by atoms with van der Waals surface area (Å²) in [5.74, 6) is -27.0. The van der Waals surface area contributed by atoms with Gasteiger partial charge in [-0.3, -0.25) is 33.6 Å². The number of carboxylic acid groups (broad SMARTS) is 7. The van der Waals surface area contributed by atoms with Crippen molar-refractivity contribution in [2.24, 2.45) is 41.4 Å². The van der Waals surface area contributed by atoms with E-state index in [2.05, 4.69) is 0 Å². The lowest BCUT2D eigenvalue weighted by Crippen LogP contribution is -2.43. The molecule has 0 aromatic rings. The SMILES string of the molecule is O=C(O)C1CC(C(=O)O)CC(C(=O)O)[C@@H](C(=O)O)[C@@H](C(=O)O)CC(C(=O)O)C(C(=O)O)C1. The first-order valence-electron chi connectivity index (χ1n) is 9.28. The largest absolute Gasteiger partial charge is 0.481 e. The third-order valence-corrected chi connectivity index (χ3v) is 5.76. The van der Waals surface area contributed by atoms with Gasteiger partial charge in [-0.25, -0.2) is 0 Å². The van der Waals surface area contributed by atoms with Crippen LogP contribution in [-0.2, 0) is 33.6 Å². The second kappa shape index (κ2) is 10.5. The van der Waals surface area contributed by atoms with Crippen LogP contribution in [-0.4, -0.2) is 77.5 Å². The molecule has 32 heavy (non-hydrogen) atoms. The lowest BCUT2D eigenvalue weighted by atomic mass is 9.72. The Labute approximate surface area is 179 Å². The number of carboxylic acids is 7. The molecule has 14 nitrogen and oxygen atoms in total. The Balaban J connectivity index is 3.81. The molecule has 0 aromatic heterocycles. The Hall–Kier alpha value is -3.71. The highest BCUT2D eigenvalue weighted by molar-refractivity contribution is 5.87. The van der Waals surface area contributed by atoms with Crippen molar-refractivity contribution >= 4 is 41.8 Å². The molecule has 1 aliphatic rings. The van der Waals surface area contributed by atoms with E-state index >= 15 is 0 Å². The molecule has 1 rings (SSSR count). The van der Waals surface area contributed by atoms with Crippen molar-refractivity contribution in [1.29, 1.82) is 0 Å². The fourth-order valence-corrected chi connectivity index (χ4v) is 4.13. The average Bonchev–Trinajstić information content (AvgIpc) is 2.67. The summed E-state index contributed by atoms with van der Waals surface area (Å²) in [5.41, 5.74) is 0. The van der Waals surface area contributed by atoms with Crippen molar-refractivity contribution in [3.63, 3.8) is 0 Å². The van der Waals surface area contributed by atoms with Gasteiger partial charge < -0.3 is 35.7 Å². The van der Waals surface area contributed by atoms with Crippen LogP contribution in [0.25, 0.3) is 0 Å². The molecule has 0 saturated heterocycles. The highest BCUT2D eigenvalue weighted by Crippen LogP contribution is 2.39. The molecule has 7 N–H and O–H groups in total. The first-order chi connectivity index (χ1) is 14.7. The molecule has 0 aromatic carbocycles. The highest BCUT2D eigenvalue weighted by Gasteiger charge is 2.50. The minimum Gasteiger partial charge on any atom is -0.481 e. The smallest absolute Gasteiger partial charge is 0.308 e. The maximum atomic E-state index is 11.8. The summed E-state index contributed by atoms with van der Waals surface area (Å²) in [4.78, 5) is 82.2.